The summed E-state index contributed by atoms with van der Waals surface area (Å²) in [6.45, 7) is 6.95. The van der Waals surface area contributed by atoms with Crippen LogP contribution in [0, 0.1) is 11.3 Å². The first kappa shape index (κ1) is 34.4. The van der Waals surface area contributed by atoms with E-state index in [1.165, 1.54) is 14.2 Å². The number of benzene rings is 2. The van der Waals surface area contributed by atoms with Crippen LogP contribution in [0.15, 0.2) is 65.1 Å². The van der Waals surface area contributed by atoms with Gasteiger partial charge in [0.25, 0.3) is 11.5 Å². The molecule has 3 heterocycles. The van der Waals surface area contributed by atoms with E-state index in [1.54, 1.807) is 54.2 Å². The number of hydrogen-bond acceptors (Lipinski definition) is 10. The van der Waals surface area contributed by atoms with Gasteiger partial charge in [-0.2, -0.15) is 10.2 Å². The maximum atomic E-state index is 14.1. The number of ether oxygens (including phenoxy) is 3. The van der Waals surface area contributed by atoms with Crippen LogP contribution in [0.3, 0.4) is 0 Å². The minimum Gasteiger partial charge on any atom is -0.497 e. The fourth-order valence-corrected chi connectivity index (χ4v) is 5.93. The first-order valence-corrected chi connectivity index (χ1v) is 15.8. The van der Waals surface area contributed by atoms with Crippen molar-refractivity contribution in [3.63, 3.8) is 0 Å². The second-order valence-corrected chi connectivity index (χ2v) is 12.1. The van der Waals surface area contributed by atoms with Crippen molar-refractivity contribution < 1.29 is 19.0 Å². The molecule has 0 bridgehead atoms. The number of rotatable bonds is 11. The zero-order chi connectivity index (χ0) is 34.4. The number of aromatic nitrogens is 3. The third-order valence-corrected chi connectivity index (χ3v) is 8.72. The molecule has 0 spiro atoms. The van der Waals surface area contributed by atoms with Crippen molar-refractivity contribution in [2.75, 3.05) is 58.2 Å². The Kier molecular flexibility index (Phi) is 10.6. The molecule has 0 saturated carbocycles. The van der Waals surface area contributed by atoms with Crippen molar-refractivity contribution >= 4 is 40.2 Å². The van der Waals surface area contributed by atoms with Gasteiger partial charge in [-0.25, -0.2) is 4.98 Å². The summed E-state index contributed by atoms with van der Waals surface area (Å²) in [5.74, 6) is 0.770. The number of nitrogens with one attached hydrogen (secondary N) is 2. The van der Waals surface area contributed by atoms with E-state index in [1.807, 2.05) is 32.0 Å². The van der Waals surface area contributed by atoms with Gasteiger partial charge in [-0.05, 0) is 56.2 Å². The summed E-state index contributed by atoms with van der Waals surface area (Å²) in [4.78, 5) is 38.2. The normalized spacial score (nSPS) is 14.0. The Hall–Kier alpha value is -4.96. The summed E-state index contributed by atoms with van der Waals surface area (Å²) in [6, 6.07) is 14.4. The molecule has 5 rings (SSSR count). The smallest absolute Gasteiger partial charge is 0.266 e. The monoisotopic (exact) mass is 671 g/mol. The number of fused-ring (bicyclic) bond motifs is 1. The Morgan fingerprint density at radius 1 is 1.12 bits per heavy atom. The maximum absolute atomic E-state index is 14.1. The first-order chi connectivity index (χ1) is 23.1. The quantitative estimate of drug-likeness (QED) is 0.167. The zero-order valence-corrected chi connectivity index (χ0v) is 28.3. The lowest BCUT2D eigenvalue weighted by atomic mass is 9.98. The summed E-state index contributed by atoms with van der Waals surface area (Å²) in [7, 11) is 4.74. The second kappa shape index (κ2) is 14.9. The molecule has 0 unspecified atom stereocenters. The number of aryl methyl sites for hydroxylation is 2. The van der Waals surface area contributed by atoms with Crippen LogP contribution in [-0.2, 0) is 22.5 Å². The van der Waals surface area contributed by atoms with Crippen LogP contribution >= 0.6 is 11.6 Å². The van der Waals surface area contributed by atoms with E-state index in [-0.39, 0.29) is 16.2 Å². The molecule has 0 atom stereocenters. The molecule has 0 aliphatic carbocycles. The number of carbonyl (C=O) groups is 1. The molecule has 13 heteroatoms. The van der Waals surface area contributed by atoms with Crippen molar-refractivity contribution in [2.45, 2.75) is 32.4 Å². The highest BCUT2D eigenvalue weighted by Crippen LogP contribution is 2.38. The van der Waals surface area contributed by atoms with Crippen molar-refractivity contribution in [3.05, 3.63) is 81.3 Å². The van der Waals surface area contributed by atoms with Crippen LogP contribution in [0.25, 0.3) is 22.2 Å². The number of carbonyl (C=O) groups excluding carboxylic acids is 1. The van der Waals surface area contributed by atoms with Crippen LogP contribution in [0.5, 0.6) is 11.5 Å². The molecule has 2 N–H and O–H groups in total. The van der Waals surface area contributed by atoms with Gasteiger partial charge < -0.3 is 24.8 Å². The van der Waals surface area contributed by atoms with E-state index in [4.69, 9.17) is 25.8 Å². The minimum absolute atomic E-state index is 0.0402. The van der Waals surface area contributed by atoms with E-state index in [2.05, 4.69) is 25.5 Å². The predicted octanol–water partition coefficient (Wildman–Crippen LogP) is 4.91. The van der Waals surface area contributed by atoms with Gasteiger partial charge in [0.05, 0.1) is 32.5 Å². The Morgan fingerprint density at radius 2 is 1.85 bits per heavy atom. The highest BCUT2D eigenvalue weighted by Gasteiger charge is 2.28. The highest BCUT2D eigenvalue weighted by atomic mass is 35.5. The number of hydrogen-bond donors (Lipinski definition) is 2. The van der Waals surface area contributed by atoms with Gasteiger partial charge in [-0.1, -0.05) is 23.7 Å². The van der Waals surface area contributed by atoms with Crippen LogP contribution in [0.4, 0.5) is 11.6 Å². The number of nitriles is 1. The molecule has 2 aromatic heterocycles. The fraction of sp³-hybridized carbons (Fsp3) is 0.343. The average Bonchev–Trinajstić information content (AvgIpc) is 3.11. The summed E-state index contributed by atoms with van der Waals surface area (Å²) in [6.07, 6.45) is 3.84. The number of methoxy groups -OCH3 is 2. The Morgan fingerprint density at radius 3 is 2.50 bits per heavy atom. The topological polar surface area (TPSA) is 144 Å². The standard InChI is InChI=1S/C35H38ClN7O5/c1-35(2,42-12-14-48-15-13-42)19-24(20-37)32(44)40-25-8-6-22(7-9-25)10-11-43-31-23(21-39-34(38-3)41-31)16-28(33(43)45)27-17-26(46-4)18-29(47-5)30(27)36/h6-9,16-19,21H,10-15H2,1-5H3,(H,40,44)(H,38,39,41)/b24-19+. The molecule has 4 aromatic rings. The number of nitrogens with zero attached hydrogens (tertiary/aromatic N) is 5. The summed E-state index contributed by atoms with van der Waals surface area (Å²) >= 11 is 6.69. The van der Waals surface area contributed by atoms with Gasteiger partial charge >= 0.3 is 0 Å². The van der Waals surface area contributed by atoms with E-state index in [9.17, 15) is 14.9 Å². The molecule has 250 valence electrons. The summed E-state index contributed by atoms with van der Waals surface area (Å²) in [5.41, 5.74) is 2.01. The predicted molar refractivity (Wildman–Crippen MR) is 186 cm³/mol. The summed E-state index contributed by atoms with van der Waals surface area (Å²) < 4.78 is 17.9. The van der Waals surface area contributed by atoms with Crippen LogP contribution in [-0.4, -0.2) is 78.5 Å². The van der Waals surface area contributed by atoms with Gasteiger partial charge in [-0.3, -0.25) is 19.1 Å². The van der Waals surface area contributed by atoms with E-state index in [0.717, 1.165) is 18.7 Å². The van der Waals surface area contributed by atoms with Crippen LogP contribution in [0.2, 0.25) is 5.02 Å². The van der Waals surface area contributed by atoms with Crippen LogP contribution < -0.4 is 25.7 Å². The number of morpholine rings is 1. The minimum atomic E-state index is -0.488. The third kappa shape index (κ3) is 7.44. The van der Waals surface area contributed by atoms with Crippen LogP contribution in [0.1, 0.15) is 19.4 Å². The molecule has 1 saturated heterocycles. The Labute approximate surface area is 283 Å². The average molecular weight is 672 g/mol. The van der Waals surface area contributed by atoms with Gasteiger partial charge in [0.15, 0.2) is 0 Å². The van der Waals surface area contributed by atoms with Gasteiger partial charge in [0.1, 0.15) is 28.8 Å². The first-order valence-electron chi connectivity index (χ1n) is 15.4. The third-order valence-electron chi connectivity index (χ3n) is 8.33. The molecule has 1 amide bonds. The second-order valence-electron chi connectivity index (χ2n) is 11.8. The van der Waals surface area contributed by atoms with Gasteiger partial charge in [-0.15, -0.1) is 0 Å². The molecule has 1 aliphatic heterocycles. The van der Waals surface area contributed by atoms with Gasteiger partial charge in [0, 0.05) is 66.7 Å². The Balaban J connectivity index is 1.39. The van der Waals surface area contributed by atoms with Gasteiger partial charge in [0.2, 0.25) is 5.95 Å². The van der Waals surface area contributed by atoms with Crippen molar-refractivity contribution in [2.24, 2.45) is 0 Å². The lowest BCUT2D eigenvalue weighted by Crippen LogP contribution is -2.49. The van der Waals surface area contributed by atoms with Crippen molar-refractivity contribution in [3.8, 4) is 28.7 Å². The zero-order valence-electron chi connectivity index (χ0n) is 27.6. The largest absolute Gasteiger partial charge is 0.497 e. The van der Waals surface area contributed by atoms with Crippen molar-refractivity contribution in [1.29, 1.82) is 5.26 Å². The molecule has 1 fully saturated rings. The Bertz CT molecular complexity index is 1940. The van der Waals surface area contributed by atoms with E-state index >= 15 is 0 Å². The van der Waals surface area contributed by atoms with E-state index < -0.39 is 11.4 Å². The number of amides is 1. The summed E-state index contributed by atoms with van der Waals surface area (Å²) in [5, 5.41) is 16.5. The van der Waals surface area contributed by atoms with Crippen molar-refractivity contribution in [1.82, 2.24) is 19.4 Å². The lowest BCUT2D eigenvalue weighted by molar-refractivity contribution is -0.112. The molecule has 1 aliphatic rings. The number of pyridine rings is 1. The number of anilines is 2. The fourth-order valence-electron chi connectivity index (χ4n) is 5.64. The molecule has 48 heavy (non-hydrogen) atoms. The maximum Gasteiger partial charge on any atom is 0.266 e. The molecule has 12 nitrogen and oxygen atoms in total. The SMILES string of the molecule is CNc1ncc2cc(-c3cc(OC)cc(OC)c3Cl)c(=O)n(CCc3ccc(NC(=O)/C(C#N)=C/C(C)(C)N4CCOCC4)cc3)c2n1. The molecule has 2 aromatic carbocycles. The lowest BCUT2D eigenvalue weighted by Gasteiger charge is -2.39. The molecular formula is C35H38ClN7O5. The number of halogens is 1. The molecule has 0 radical (unpaired) electrons. The van der Waals surface area contributed by atoms with E-state index in [0.29, 0.717) is 71.5 Å². The highest BCUT2D eigenvalue weighted by molar-refractivity contribution is 6.35. The molecular weight excluding hydrogens is 634 g/mol.